The second kappa shape index (κ2) is 12.6. The molecule has 154 valence electrons. The molecule has 5 heteroatoms. The molecule has 2 heterocycles. The van der Waals surface area contributed by atoms with Crippen LogP contribution in [0.5, 0.6) is 0 Å². The van der Waals surface area contributed by atoms with Crippen molar-refractivity contribution in [2.45, 2.75) is 52.9 Å². The van der Waals surface area contributed by atoms with Crippen LogP contribution in [0, 0.1) is 5.92 Å². The second-order valence-electron chi connectivity index (χ2n) is 7.64. The Morgan fingerprint density at radius 3 is 2.57 bits per heavy atom. The summed E-state index contributed by atoms with van der Waals surface area (Å²) in [5, 5.41) is 5.54. The Morgan fingerprint density at radius 1 is 1.21 bits per heavy atom. The molecule has 0 atom stereocenters. The highest BCUT2D eigenvalue weighted by molar-refractivity contribution is 8.02. The molecule has 0 bridgehead atoms. The topological polar surface area (TPSA) is 54.2 Å². The van der Waals surface area contributed by atoms with Crippen molar-refractivity contribution in [3.8, 4) is 0 Å². The Bertz CT molecular complexity index is 656. The van der Waals surface area contributed by atoms with Crippen molar-refractivity contribution in [2.24, 2.45) is 11.7 Å². The quantitative estimate of drug-likeness (QED) is 0.351. The van der Waals surface area contributed by atoms with Crippen molar-refractivity contribution in [1.29, 1.82) is 0 Å². The predicted octanol–water partition coefficient (Wildman–Crippen LogP) is 5.33. The predicted molar refractivity (Wildman–Crippen MR) is 123 cm³/mol. The lowest BCUT2D eigenvalue weighted by Crippen LogP contribution is -2.25. The minimum atomic E-state index is 0.455. The van der Waals surface area contributed by atoms with Crippen molar-refractivity contribution >= 4 is 17.5 Å². The van der Waals surface area contributed by atoms with Crippen molar-refractivity contribution in [3.63, 3.8) is 0 Å². The molecule has 1 aliphatic rings. The van der Waals surface area contributed by atoms with Crippen LogP contribution in [0.25, 0.3) is 5.70 Å². The number of allylic oxidation sites excluding steroid dienone is 4. The lowest BCUT2D eigenvalue weighted by Gasteiger charge is -2.27. The van der Waals surface area contributed by atoms with Crippen molar-refractivity contribution in [2.75, 3.05) is 19.0 Å². The molecule has 1 saturated heterocycles. The van der Waals surface area contributed by atoms with Crippen LogP contribution in [0.3, 0.4) is 0 Å². The van der Waals surface area contributed by atoms with E-state index < -0.39 is 0 Å². The summed E-state index contributed by atoms with van der Waals surface area (Å²) < 4.78 is 0. The van der Waals surface area contributed by atoms with Crippen molar-refractivity contribution < 1.29 is 0 Å². The first-order valence-corrected chi connectivity index (χ1v) is 11.5. The Labute approximate surface area is 175 Å². The summed E-state index contributed by atoms with van der Waals surface area (Å²) in [5.74, 6) is 1.25. The third kappa shape index (κ3) is 8.01. The molecule has 1 aliphatic heterocycles. The molecule has 3 N–H and O–H groups in total. The van der Waals surface area contributed by atoms with Gasteiger partial charge in [0.25, 0.3) is 0 Å². The third-order valence-electron chi connectivity index (χ3n) is 5.05. The molecule has 1 fully saturated rings. The molecule has 2 rings (SSSR count). The first-order chi connectivity index (χ1) is 13.6. The monoisotopic (exact) mass is 400 g/mol. The highest BCUT2D eigenvalue weighted by atomic mass is 32.2. The van der Waals surface area contributed by atoms with Gasteiger partial charge in [0.05, 0.1) is 5.88 Å². The van der Waals surface area contributed by atoms with Gasteiger partial charge in [-0.1, -0.05) is 33.1 Å². The second-order valence-corrected chi connectivity index (χ2v) is 8.50. The van der Waals surface area contributed by atoms with Crippen LogP contribution in [0.4, 0.5) is 0 Å². The van der Waals surface area contributed by atoms with Gasteiger partial charge in [0, 0.05) is 48.1 Å². The van der Waals surface area contributed by atoms with Gasteiger partial charge in [0.2, 0.25) is 0 Å². The summed E-state index contributed by atoms with van der Waals surface area (Å²) in [7, 11) is 0. The van der Waals surface area contributed by atoms with Gasteiger partial charge in [-0.3, -0.25) is 4.98 Å². The maximum Gasteiger partial charge on any atom is 0.0649 e. The average Bonchev–Trinajstić information content (AvgIpc) is 2.67. The Kier molecular flexibility index (Phi) is 10.0. The largest absolute Gasteiger partial charge is 0.398 e. The zero-order valence-electron chi connectivity index (χ0n) is 17.7. The molecular weight excluding hydrogens is 364 g/mol. The fourth-order valence-corrected chi connectivity index (χ4v) is 3.88. The van der Waals surface area contributed by atoms with Gasteiger partial charge in [0.15, 0.2) is 0 Å². The number of thioether (sulfide) groups is 1. The molecule has 0 spiro atoms. The summed E-state index contributed by atoms with van der Waals surface area (Å²) in [6, 6.07) is 3.88. The normalized spacial score (nSPS) is 17.4. The Morgan fingerprint density at radius 2 is 1.93 bits per heavy atom. The van der Waals surface area contributed by atoms with Crippen LogP contribution in [0.1, 0.15) is 58.4 Å². The zero-order chi connectivity index (χ0) is 20.2. The molecule has 0 unspecified atom stereocenters. The van der Waals surface area contributed by atoms with Crippen LogP contribution in [-0.4, -0.2) is 28.9 Å². The van der Waals surface area contributed by atoms with Crippen molar-refractivity contribution in [3.05, 3.63) is 59.0 Å². The Hall–Kier alpha value is -1.88. The van der Waals surface area contributed by atoms with Crippen LogP contribution < -0.4 is 11.1 Å². The van der Waals surface area contributed by atoms with Gasteiger partial charge in [-0.15, -0.1) is 11.8 Å². The van der Waals surface area contributed by atoms with E-state index in [2.05, 4.69) is 48.1 Å². The fraction of sp³-hybridized carbons (Fsp3) is 0.522. The van der Waals surface area contributed by atoms with Crippen LogP contribution in [0.15, 0.2) is 53.5 Å². The molecule has 0 aliphatic carbocycles. The van der Waals surface area contributed by atoms with Gasteiger partial charge in [-0.05, 0) is 55.4 Å². The number of hydrogen-bond acceptors (Lipinski definition) is 5. The van der Waals surface area contributed by atoms with Crippen molar-refractivity contribution in [1.82, 2.24) is 15.2 Å². The van der Waals surface area contributed by atoms with E-state index in [-0.39, 0.29) is 0 Å². The number of rotatable bonds is 8. The minimum Gasteiger partial charge on any atom is -0.398 e. The SMILES string of the molecule is C/C(=C\C=C(\NCS/C=C(\N)c1cccnc1)C(C)C)N1CCCCCCC1. The van der Waals surface area contributed by atoms with Gasteiger partial charge < -0.3 is 16.0 Å². The number of hydrogen-bond donors (Lipinski definition) is 2. The average molecular weight is 401 g/mol. The molecule has 0 radical (unpaired) electrons. The molecule has 4 nitrogen and oxygen atoms in total. The molecule has 0 amide bonds. The van der Waals surface area contributed by atoms with Gasteiger partial charge in [-0.25, -0.2) is 0 Å². The van der Waals surface area contributed by atoms with E-state index in [1.54, 1.807) is 24.2 Å². The highest BCUT2D eigenvalue weighted by Gasteiger charge is 2.08. The smallest absolute Gasteiger partial charge is 0.0649 e. The van der Waals surface area contributed by atoms with E-state index in [1.165, 1.54) is 56.6 Å². The van der Waals surface area contributed by atoms with Gasteiger partial charge in [-0.2, -0.15) is 0 Å². The zero-order valence-corrected chi connectivity index (χ0v) is 18.5. The summed E-state index contributed by atoms with van der Waals surface area (Å²) in [6.45, 7) is 9.07. The lowest BCUT2D eigenvalue weighted by molar-refractivity contribution is 0.306. The maximum absolute atomic E-state index is 6.12. The first-order valence-electron chi connectivity index (χ1n) is 10.4. The van der Waals surface area contributed by atoms with E-state index in [0.29, 0.717) is 5.92 Å². The third-order valence-corrected chi connectivity index (χ3v) is 5.78. The number of nitrogens with zero attached hydrogens (tertiary/aromatic N) is 2. The van der Waals surface area contributed by atoms with Crippen LogP contribution in [-0.2, 0) is 0 Å². The van der Waals surface area contributed by atoms with Gasteiger partial charge >= 0.3 is 0 Å². The Balaban J connectivity index is 1.89. The number of nitrogens with one attached hydrogen (secondary N) is 1. The summed E-state index contributed by atoms with van der Waals surface area (Å²) in [5.41, 5.74) is 10.5. The summed E-state index contributed by atoms with van der Waals surface area (Å²) in [4.78, 5) is 6.65. The van der Waals surface area contributed by atoms with Crippen LogP contribution in [0.2, 0.25) is 0 Å². The highest BCUT2D eigenvalue weighted by Crippen LogP contribution is 2.16. The van der Waals surface area contributed by atoms with E-state index in [0.717, 1.165) is 17.1 Å². The molecule has 0 aromatic carbocycles. The lowest BCUT2D eigenvalue weighted by atomic mass is 10.1. The van der Waals surface area contributed by atoms with E-state index in [9.17, 15) is 0 Å². The number of likely N-dealkylation sites (tertiary alicyclic amines) is 1. The molecule has 1 aromatic heterocycles. The van der Waals surface area contributed by atoms with E-state index in [4.69, 9.17) is 5.73 Å². The molecule has 0 saturated carbocycles. The first kappa shape index (κ1) is 22.4. The summed E-state index contributed by atoms with van der Waals surface area (Å²) >= 11 is 1.67. The standard InChI is InChI=1S/C23H36N4S/c1-19(2)23(12-11-20(3)27-14-7-5-4-6-8-15-27)26-18-28-17-22(24)21-10-9-13-25-16-21/h9-13,16-17,19,26H,4-8,14-15,18,24H2,1-3H3/b20-11+,22-17-,23-12+. The molecule has 1 aromatic rings. The summed E-state index contributed by atoms with van der Waals surface area (Å²) in [6.07, 6.45) is 14.8. The number of pyridine rings is 1. The maximum atomic E-state index is 6.12. The number of nitrogens with two attached hydrogens (primary N) is 1. The number of aromatic nitrogens is 1. The van der Waals surface area contributed by atoms with E-state index in [1.807, 2.05) is 17.5 Å². The fourth-order valence-electron chi connectivity index (χ4n) is 3.23. The minimum absolute atomic E-state index is 0.455. The molecular formula is C23H36N4S. The van der Waals surface area contributed by atoms with E-state index >= 15 is 0 Å². The van der Waals surface area contributed by atoms with Crippen LogP contribution >= 0.6 is 11.8 Å². The molecule has 28 heavy (non-hydrogen) atoms. The van der Waals surface area contributed by atoms with Gasteiger partial charge in [0.1, 0.15) is 0 Å².